The van der Waals surface area contributed by atoms with Crippen molar-refractivity contribution in [1.29, 1.82) is 0 Å². The molecule has 2 heteroatoms. The molecule has 0 amide bonds. The van der Waals surface area contributed by atoms with Gasteiger partial charge in [0.05, 0.1) is 17.1 Å². The number of furan rings is 1. The van der Waals surface area contributed by atoms with Crippen molar-refractivity contribution in [3.63, 3.8) is 0 Å². The molecule has 59 heavy (non-hydrogen) atoms. The van der Waals surface area contributed by atoms with E-state index in [1.54, 1.807) is 0 Å². The Kier molecular flexibility index (Phi) is 8.20. The highest BCUT2D eigenvalue weighted by Crippen LogP contribution is 2.55. The summed E-state index contributed by atoms with van der Waals surface area (Å²) in [6.07, 6.45) is 0. The van der Waals surface area contributed by atoms with Crippen LogP contribution in [0.3, 0.4) is 0 Å². The van der Waals surface area contributed by atoms with Crippen molar-refractivity contribution >= 4 is 39.0 Å². The van der Waals surface area contributed by atoms with Gasteiger partial charge in [-0.2, -0.15) is 0 Å². The second-order valence-electron chi connectivity index (χ2n) is 16.0. The maximum absolute atomic E-state index is 6.86. The van der Waals surface area contributed by atoms with Gasteiger partial charge < -0.3 is 9.32 Å². The van der Waals surface area contributed by atoms with E-state index < -0.39 is 0 Å². The molecule has 0 unspecified atom stereocenters. The molecule has 1 aliphatic rings. The normalized spacial score (nSPS) is 12.7. The number of para-hydroxylation sites is 4. The zero-order valence-electron chi connectivity index (χ0n) is 33.1. The first kappa shape index (κ1) is 34.8. The third kappa shape index (κ3) is 5.56. The molecule has 0 saturated heterocycles. The SMILES string of the molecule is CC1(C)c2ccccc2-c2c(-c3ccccc3N(c3ccccc3-c3ccccc3-c3ccccc3-c3ccccc3)c3cccc4c3oc3ccccc34)cccc21. The molecule has 0 radical (unpaired) electrons. The molecule has 2 nitrogen and oxygen atoms in total. The summed E-state index contributed by atoms with van der Waals surface area (Å²) in [5.41, 5.74) is 19.4. The minimum atomic E-state index is -0.122. The summed E-state index contributed by atoms with van der Waals surface area (Å²) in [7, 11) is 0. The van der Waals surface area contributed by atoms with Gasteiger partial charge >= 0.3 is 0 Å². The van der Waals surface area contributed by atoms with Crippen LogP contribution in [0.2, 0.25) is 0 Å². The fourth-order valence-electron chi connectivity index (χ4n) is 9.61. The van der Waals surface area contributed by atoms with Gasteiger partial charge in [-0.05, 0) is 79.9 Å². The number of fused-ring (bicyclic) bond motifs is 6. The maximum atomic E-state index is 6.86. The van der Waals surface area contributed by atoms with Crippen LogP contribution in [0.25, 0.3) is 77.6 Å². The Morgan fingerprint density at radius 2 is 0.797 bits per heavy atom. The first-order valence-corrected chi connectivity index (χ1v) is 20.4. The largest absolute Gasteiger partial charge is 0.454 e. The topological polar surface area (TPSA) is 16.4 Å². The van der Waals surface area contributed by atoms with Crippen LogP contribution in [0.15, 0.2) is 217 Å². The highest BCUT2D eigenvalue weighted by molar-refractivity contribution is 6.12. The van der Waals surface area contributed by atoms with E-state index in [-0.39, 0.29) is 5.41 Å². The van der Waals surface area contributed by atoms with Crippen molar-refractivity contribution in [1.82, 2.24) is 0 Å². The third-order valence-electron chi connectivity index (χ3n) is 12.3. The lowest BCUT2D eigenvalue weighted by atomic mass is 9.82. The van der Waals surface area contributed by atoms with Crippen molar-refractivity contribution in [3.05, 3.63) is 223 Å². The average Bonchev–Trinajstić information content (AvgIpc) is 3.80. The molecule has 1 heterocycles. The lowest BCUT2D eigenvalue weighted by Crippen LogP contribution is -2.15. The summed E-state index contributed by atoms with van der Waals surface area (Å²) < 4.78 is 6.86. The third-order valence-corrected chi connectivity index (χ3v) is 12.3. The zero-order chi connectivity index (χ0) is 39.5. The molecule has 0 atom stereocenters. The summed E-state index contributed by atoms with van der Waals surface area (Å²) in [6.45, 7) is 4.71. The van der Waals surface area contributed by atoms with E-state index in [0.29, 0.717) is 0 Å². The monoisotopic (exact) mass is 755 g/mol. The van der Waals surface area contributed by atoms with Gasteiger partial charge in [0.15, 0.2) is 5.58 Å². The van der Waals surface area contributed by atoms with E-state index >= 15 is 0 Å². The molecule has 280 valence electrons. The number of hydrogen-bond acceptors (Lipinski definition) is 2. The molecule has 1 aromatic heterocycles. The highest BCUT2D eigenvalue weighted by Gasteiger charge is 2.37. The Balaban J connectivity index is 1.20. The number of nitrogens with zero attached hydrogens (tertiary/aromatic N) is 1. The van der Waals surface area contributed by atoms with E-state index in [2.05, 4.69) is 225 Å². The van der Waals surface area contributed by atoms with Crippen molar-refractivity contribution in [3.8, 4) is 55.6 Å². The minimum absolute atomic E-state index is 0.122. The first-order valence-electron chi connectivity index (χ1n) is 20.4. The van der Waals surface area contributed by atoms with Crippen molar-refractivity contribution < 1.29 is 4.42 Å². The number of rotatable bonds is 7. The smallest absolute Gasteiger partial charge is 0.159 e. The van der Waals surface area contributed by atoms with Crippen LogP contribution in [-0.2, 0) is 5.41 Å². The van der Waals surface area contributed by atoms with E-state index in [9.17, 15) is 0 Å². The summed E-state index contributed by atoms with van der Waals surface area (Å²) in [5.74, 6) is 0. The summed E-state index contributed by atoms with van der Waals surface area (Å²) in [4.78, 5) is 2.45. The lowest BCUT2D eigenvalue weighted by molar-refractivity contribution is 0.660. The van der Waals surface area contributed by atoms with E-state index in [1.165, 1.54) is 50.1 Å². The highest BCUT2D eigenvalue weighted by atomic mass is 16.3. The molecule has 0 N–H and O–H groups in total. The van der Waals surface area contributed by atoms with Gasteiger partial charge in [-0.1, -0.05) is 202 Å². The quantitative estimate of drug-likeness (QED) is 0.161. The molecule has 11 rings (SSSR count). The molecule has 0 bridgehead atoms. The summed E-state index contributed by atoms with van der Waals surface area (Å²) >= 11 is 0. The first-order chi connectivity index (χ1) is 29.1. The predicted molar refractivity (Wildman–Crippen MR) is 248 cm³/mol. The number of benzene rings is 9. The second-order valence-corrected chi connectivity index (χ2v) is 16.0. The minimum Gasteiger partial charge on any atom is -0.454 e. The van der Waals surface area contributed by atoms with Crippen molar-refractivity contribution in [2.45, 2.75) is 19.3 Å². The standard InChI is InChI=1S/C57H41NO/c1-57(2)49-32-14-10-29-48(49)55-46(30-18-33-50(55)57)44-27-12-16-35-52(44)58(53-36-19-31-47-45-28-13-17-37-54(45)59-56(47)53)51-34-15-11-26-43(51)42-25-9-8-24-41(42)40-23-7-6-22-39(40)38-20-4-3-5-21-38/h3-37H,1-2H3. The zero-order valence-corrected chi connectivity index (χ0v) is 33.1. The second kappa shape index (κ2) is 13.9. The van der Waals surface area contributed by atoms with Crippen LogP contribution in [0.4, 0.5) is 17.1 Å². The van der Waals surface area contributed by atoms with Crippen LogP contribution in [0.5, 0.6) is 0 Å². The van der Waals surface area contributed by atoms with Gasteiger partial charge in [-0.3, -0.25) is 0 Å². The van der Waals surface area contributed by atoms with Gasteiger partial charge in [0.25, 0.3) is 0 Å². The van der Waals surface area contributed by atoms with Crippen molar-refractivity contribution in [2.24, 2.45) is 0 Å². The Morgan fingerprint density at radius 3 is 1.53 bits per heavy atom. The number of anilines is 3. The Labute approximate surface area is 345 Å². The number of hydrogen-bond donors (Lipinski definition) is 0. The van der Waals surface area contributed by atoms with Crippen LogP contribution >= 0.6 is 0 Å². The summed E-state index contributed by atoms with van der Waals surface area (Å²) in [5, 5.41) is 2.19. The molecular formula is C57H41NO. The van der Waals surface area contributed by atoms with Crippen LogP contribution in [-0.4, -0.2) is 0 Å². The molecule has 10 aromatic rings. The van der Waals surface area contributed by atoms with Gasteiger partial charge in [0.1, 0.15) is 5.58 Å². The average molecular weight is 756 g/mol. The lowest BCUT2D eigenvalue weighted by Gasteiger charge is -2.31. The van der Waals surface area contributed by atoms with Crippen LogP contribution in [0, 0.1) is 0 Å². The van der Waals surface area contributed by atoms with Crippen LogP contribution < -0.4 is 4.90 Å². The Hall–Kier alpha value is -7.42. The van der Waals surface area contributed by atoms with Gasteiger partial charge in [-0.25, -0.2) is 0 Å². The molecular weight excluding hydrogens is 715 g/mol. The molecule has 0 spiro atoms. The molecule has 1 aliphatic carbocycles. The fourth-order valence-corrected chi connectivity index (χ4v) is 9.61. The van der Waals surface area contributed by atoms with E-state index in [0.717, 1.165) is 55.7 Å². The molecule has 0 aliphatic heterocycles. The van der Waals surface area contributed by atoms with E-state index in [1.807, 2.05) is 6.07 Å². The Bertz CT molecular complexity index is 3210. The predicted octanol–water partition coefficient (Wildman–Crippen LogP) is 16.0. The van der Waals surface area contributed by atoms with Crippen LogP contribution in [0.1, 0.15) is 25.0 Å². The molecule has 0 fully saturated rings. The molecule has 9 aromatic carbocycles. The Morgan fingerprint density at radius 1 is 0.339 bits per heavy atom. The maximum Gasteiger partial charge on any atom is 0.159 e. The summed E-state index contributed by atoms with van der Waals surface area (Å²) in [6, 6.07) is 76.8. The molecule has 0 saturated carbocycles. The fraction of sp³-hybridized carbons (Fsp3) is 0.0526. The van der Waals surface area contributed by atoms with E-state index in [4.69, 9.17) is 4.42 Å². The van der Waals surface area contributed by atoms with Gasteiger partial charge in [0, 0.05) is 27.3 Å². The van der Waals surface area contributed by atoms with Gasteiger partial charge in [-0.15, -0.1) is 0 Å². The van der Waals surface area contributed by atoms with Gasteiger partial charge in [0.2, 0.25) is 0 Å². The van der Waals surface area contributed by atoms with Crippen molar-refractivity contribution in [2.75, 3.05) is 4.90 Å².